The summed E-state index contributed by atoms with van der Waals surface area (Å²) in [5.74, 6) is 0. The number of piperidine rings is 1. The maximum absolute atomic E-state index is 6.08. The summed E-state index contributed by atoms with van der Waals surface area (Å²) in [6, 6.07) is 6.00. The molecule has 1 aliphatic rings. The highest BCUT2D eigenvalue weighted by molar-refractivity contribution is 6.34. The lowest BCUT2D eigenvalue weighted by molar-refractivity contribution is 0.455. The Bertz CT molecular complexity index is 382. The molecule has 1 atom stereocenters. The fraction of sp³-hybridized carbons (Fsp3) is 0.385. The highest BCUT2D eigenvalue weighted by atomic mass is 35.5. The van der Waals surface area contributed by atoms with Gasteiger partial charge >= 0.3 is 0 Å². The highest BCUT2D eigenvalue weighted by Crippen LogP contribution is 2.22. The quantitative estimate of drug-likeness (QED) is 0.838. The van der Waals surface area contributed by atoms with Crippen LogP contribution in [0.4, 0.5) is 0 Å². The molecule has 16 heavy (non-hydrogen) atoms. The molecule has 0 amide bonds. The molecular weight excluding hydrogens is 241 g/mol. The molecule has 3 heteroatoms. The monoisotopic (exact) mass is 255 g/mol. The van der Waals surface area contributed by atoms with Crippen molar-refractivity contribution in [3.63, 3.8) is 0 Å². The van der Waals surface area contributed by atoms with E-state index in [0.29, 0.717) is 6.04 Å². The van der Waals surface area contributed by atoms with Crippen LogP contribution in [0.25, 0.3) is 6.08 Å². The van der Waals surface area contributed by atoms with Crippen molar-refractivity contribution in [1.82, 2.24) is 5.32 Å². The average Bonchev–Trinajstić information content (AvgIpc) is 2.32. The van der Waals surface area contributed by atoms with Crippen LogP contribution in [0.15, 0.2) is 24.3 Å². The summed E-state index contributed by atoms with van der Waals surface area (Å²) in [7, 11) is 0. The lowest BCUT2D eigenvalue weighted by Gasteiger charge is -2.20. The Morgan fingerprint density at radius 3 is 2.88 bits per heavy atom. The third-order valence-electron chi connectivity index (χ3n) is 2.81. The SMILES string of the molecule is Clc1ccc(Cl)c(/C=C/C2CCCCN2)c1. The third-order valence-corrected chi connectivity index (χ3v) is 3.39. The molecule has 1 N–H and O–H groups in total. The summed E-state index contributed by atoms with van der Waals surface area (Å²) in [6.45, 7) is 1.11. The second kappa shape index (κ2) is 5.72. The first kappa shape index (κ1) is 12.0. The molecule has 1 nitrogen and oxygen atoms in total. The van der Waals surface area contributed by atoms with Crippen molar-refractivity contribution in [1.29, 1.82) is 0 Å². The van der Waals surface area contributed by atoms with E-state index in [0.717, 1.165) is 22.2 Å². The molecule has 0 bridgehead atoms. The van der Waals surface area contributed by atoms with Crippen molar-refractivity contribution in [2.45, 2.75) is 25.3 Å². The topological polar surface area (TPSA) is 12.0 Å². The van der Waals surface area contributed by atoms with E-state index in [1.807, 2.05) is 12.1 Å². The van der Waals surface area contributed by atoms with Gasteiger partial charge in [0, 0.05) is 16.1 Å². The molecule has 0 aromatic heterocycles. The van der Waals surface area contributed by atoms with Gasteiger partial charge in [0.15, 0.2) is 0 Å². The molecule has 1 aromatic rings. The molecule has 1 fully saturated rings. The van der Waals surface area contributed by atoms with Gasteiger partial charge in [-0.25, -0.2) is 0 Å². The van der Waals surface area contributed by atoms with E-state index in [4.69, 9.17) is 23.2 Å². The Morgan fingerprint density at radius 1 is 1.25 bits per heavy atom. The fourth-order valence-corrected chi connectivity index (χ4v) is 2.27. The number of hydrogen-bond donors (Lipinski definition) is 1. The minimum absolute atomic E-state index is 0.476. The van der Waals surface area contributed by atoms with E-state index in [9.17, 15) is 0 Å². The smallest absolute Gasteiger partial charge is 0.0479 e. The van der Waals surface area contributed by atoms with Crippen molar-refractivity contribution in [2.75, 3.05) is 6.54 Å². The zero-order chi connectivity index (χ0) is 11.4. The zero-order valence-electron chi connectivity index (χ0n) is 9.05. The maximum atomic E-state index is 6.08. The molecule has 0 saturated carbocycles. The molecule has 86 valence electrons. The summed E-state index contributed by atoms with van der Waals surface area (Å²) in [6.07, 6.45) is 8.01. The minimum atomic E-state index is 0.476. The first-order valence-corrected chi connectivity index (χ1v) is 6.38. The first-order valence-electron chi connectivity index (χ1n) is 5.62. The second-order valence-corrected chi connectivity index (χ2v) is 4.92. The summed E-state index contributed by atoms with van der Waals surface area (Å²) in [5, 5.41) is 4.93. The van der Waals surface area contributed by atoms with E-state index >= 15 is 0 Å². The predicted molar refractivity (Wildman–Crippen MR) is 71.1 cm³/mol. The van der Waals surface area contributed by atoms with Gasteiger partial charge in [-0.3, -0.25) is 0 Å². The molecule has 1 unspecified atom stereocenters. The zero-order valence-corrected chi connectivity index (χ0v) is 10.6. The minimum Gasteiger partial charge on any atom is -0.311 e. The Labute approximate surface area is 106 Å². The van der Waals surface area contributed by atoms with Gasteiger partial charge in [-0.15, -0.1) is 0 Å². The molecule has 0 aliphatic carbocycles. The second-order valence-electron chi connectivity index (χ2n) is 4.08. The van der Waals surface area contributed by atoms with Crippen LogP contribution in [0.3, 0.4) is 0 Å². The number of rotatable bonds is 2. The molecular formula is C13H15Cl2N. The van der Waals surface area contributed by atoms with E-state index in [2.05, 4.69) is 17.5 Å². The fourth-order valence-electron chi connectivity index (χ4n) is 1.91. The van der Waals surface area contributed by atoms with Gasteiger partial charge in [-0.05, 0) is 43.1 Å². The van der Waals surface area contributed by atoms with Gasteiger partial charge in [0.05, 0.1) is 0 Å². The normalized spacial score (nSPS) is 21.5. The Balaban J connectivity index is 2.07. The van der Waals surface area contributed by atoms with Crippen LogP contribution >= 0.6 is 23.2 Å². The summed E-state index contributed by atoms with van der Waals surface area (Å²) in [5.41, 5.74) is 0.988. The summed E-state index contributed by atoms with van der Waals surface area (Å²) in [4.78, 5) is 0. The van der Waals surface area contributed by atoms with Crippen molar-refractivity contribution >= 4 is 29.3 Å². The Kier molecular flexibility index (Phi) is 4.28. The van der Waals surface area contributed by atoms with Crippen LogP contribution in [-0.2, 0) is 0 Å². The van der Waals surface area contributed by atoms with Crippen LogP contribution < -0.4 is 5.32 Å². The van der Waals surface area contributed by atoms with Crippen molar-refractivity contribution in [3.8, 4) is 0 Å². The number of nitrogens with one attached hydrogen (secondary N) is 1. The molecule has 2 rings (SSSR count). The van der Waals surface area contributed by atoms with Gasteiger partial charge in [0.25, 0.3) is 0 Å². The number of benzene rings is 1. The molecule has 0 radical (unpaired) electrons. The number of hydrogen-bond acceptors (Lipinski definition) is 1. The lowest BCUT2D eigenvalue weighted by atomic mass is 10.0. The Morgan fingerprint density at radius 2 is 2.12 bits per heavy atom. The van der Waals surface area contributed by atoms with Gasteiger partial charge in [0.1, 0.15) is 0 Å². The lowest BCUT2D eigenvalue weighted by Crippen LogP contribution is -2.31. The average molecular weight is 256 g/mol. The standard InChI is InChI=1S/C13H15Cl2N/c14-11-5-7-13(15)10(9-11)4-6-12-3-1-2-8-16-12/h4-7,9,12,16H,1-3,8H2/b6-4+. The maximum Gasteiger partial charge on any atom is 0.0479 e. The van der Waals surface area contributed by atoms with Gasteiger partial charge in [0.2, 0.25) is 0 Å². The molecule has 1 aliphatic heterocycles. The van der Waals surface area contributed by atoms with Crippen molar-refractivity contribution in [2.24, 2.45) is 0 Å². The third kappa shape index (κ3) is 3.24. The first-order chi connectivity index (χ1) is 7.75. The van der Waals surface area contributed by atoms with Crippen molar-refractivity contribution < 1.29 is 0 Å². The van der Waals surface area contributed by atoms with Crippen LogP contribution in [0.5, 0.6) is 0 Å². The summed E-state index contributed by atoms with van der Waals surface area (Å²) < 4.78 is 0. The van der Waals surface area contributed by atoms with Crippen LogP contribution in [0.1, 0.15) is 24.8 Å². The highest BCUT2D eigenvalue weighted by Gasteiger charge is 2.08. The van der Waals surface area contributed by atoms with Crippen molar-refractivity contribution in [3.05, 3.63) is 39.9 Å². The van der Waals surface area contributed by atoms with Crippen LogP contribution in [0, 0.1) is 0 Å². The van der Waals surface area contributed by atoms with E-state index in [1.54, 1.807) is 6.07 Å². The van der Waals surface area contributed by atoms with Crippen LogP contribution in [0.2, 0.25) is 10.0 Å². The van der Waals surface area contributed by atoms with Crippen LogP contribution in [-0.4, -0.2) is 12.6 Å². The van der Waals surface area contributed by atoms with E-state index in [-0.39, 0.29) is 0 Å². The molecule has 1 heterocycles. The van der Waals surface area contributed by atoms with E-state index in [1.165, 1.54) is 19.3 Å². The van der Waals surface area contributed by atoms with Gasteiger partial charge in [-0.2, -0.15) is 0 Å². The van der Waals surface area contributed by atoms with E-state index < -0.39 is 0 Å². The molecule has 1 saturated heterocycles. The van der Waals surface area contributed by atoms with Gasteiger partial charge < -0.3 is 5.32 Å². The molecule has 0 spiro atoms. The van der Waals surface area contributed by atoms with Gasteiger partial charge in [-0.1, -0.05) is 41.8 Å². The largest absolute Gasteiger partial charge is 0.311 e. The Hall–Kier alpha value is -0.500. The summed E-state index contributed by atoms with van der Waals surface area (Å²) >= 11 is 12.0. The number of halogens is 2. The molecule has 1 aromatic carbocycles. The predicted octanol–water partition coefficient (Wildman–Crippen LogP) is 4.15.